The number of anilines is 2. The summed E-state index contributed by atoms with van der Waals surface area (Å²) in [6.45, 7) is 3.93. The first-order valence-electron chi connectivity index (χ1n) is 5.88. The molecule has 0 radical (unpaired) electrons. The summed E-state index contributed by atoms with van der Waals surface area (Å²) in [7, 11) is 0. The van der Waals surface area contributed by atoms with Crippen molar-refractivity contribution in [3.63, 3.8) is 0 Å². The van der Waals surface area contributed by atoms with E-state index in [0.29, 0.717) is 22.5 Å². The Morgan fingerprint density at radius 2 is 2.30 bits per heavy atom. The molecule has 4 nitrogen and oxygen atoms in total. The van der Waals surface area contributed by atoms with Gasteiger partial charge < -0.3 is 10.1 Å². The van der Waals surface area contributed by atoms with Crippen molar-refractivity contribution < 1.29 is 9.53 Å². The van der Waals surface area contributed by atoms with E-state index < -0.39 is 5.97 Å². The predicted octanol–water partition coefficient (Wildman–Crippen LogP) is 4.79. The average molecular weight is 376 g/mol. The summed E-state index contributed by atoms with van der Waals surface area (Å²) in [6, 6.07) is 5.50. The number of hydrogen-bond donors (Lipinski definition) is 1. The molecule has 0 aliphatic rings. The smallest absolute Gasteiger partial charge is 0.358 e. The summed E-state index contributed by atoms with van der Waals surface area (Å²) >= 11 is 10.9. The van der Waals surface area contributed by atoms with E-state index in [1.807, 2.05) is 19.1 Å². The molecule has 1 aromatic heterocycles. The third-order valence-corrected chi connectivity index (χ3v) is 4.13. The maximum absolute atomic E-state index is 11.7. The normalized spacial score (nSPS) is 10.4. The van der Waals surface area contributed by atoms with Gasteiger partial charge >= 0.3 is 5.97 Å². The number of aromatic nitrogens is 1. The zero-order valence-corrected chi connectivity index (χ0v) is 14.0. The maximum atomic E-state index is 11.7. The SMILES string of the molecule is CCOC(=O)c1nc(Nc2ccc(Br)cc2Cl)sc1C. The summed E-state index contributed by atoms with van der Waals surface area (Å²) in [5, 5.41) is 4.28. The van der Waals surface area contributed by atoms with Crippen LogP contribution in [0.5, 0.6) is 0 Å². The van der Waals surface area contributed by atoms with Crippen molar-refractivity contribution in [3.05, 3.63) is 38.3 Å². The van der Waals surface area contributed by atoms with E-state index in [4.69, 9.17) is 16.3 Å². The Morgan fingerprint density at radius 3 is 2.95 bits per heavy atom. The van der Waals surface area contributed by atoms with Crippen LogP contribution >= 0.6 is 38.9 Å². The predicted molar refractivity (Wildman–Crippen MR) is 85.2 cm³/mol. The Bertz CT molecular complexity index is 645. The number of nitrogens with one attached hydrogen (secondary N) is 1. The van der Waals surface area contributed by atoms with E-state index in [1.54, 1.807) is 13.0 Å². The highest BCUT2D eigenvalue weighted by molar-refractivity contribution is 9.10. The van der Waals surface area contributed by atoms with Crippen LogP contribution < -0.4 is 5.32 Å². The lowest BCUT2D eigenvalue weighted by Gasteiger charge is -2.05. The van der Waals surface area contributed by atoms with Gasteiger partial charge in [-0.15, -0.1) is 11.3 Å². The molecule has 0 spiro atoms. The standard InChI is InChI=1S/C13H12BrClN2O2S/c1-3-19-12(18)11-7(2)20-13(17-11)16-10-5-4-8(14)6-9(10)15/h4-6H,3H2,1-2H3,(H,16,17). The first-order valence-corrected chi connectivity index (χ1v) is 7.86. The number of nitrogens with zero attached hydrogens (tertiary/aromatic N) is 1. The number of carbonyl (C=O) groups is 1. The van der Waals surface area contributed by atoms with Gasteiger partial charge in [0.15, 0.2) is 10.8 Å². The Kier molecular flexibility index (Phi) is 5.01. The number of hydrogen-bond acceptors (Lipinski definition) is 5. The molecule has 0 saturated carbocycles. The Hall–Kier alpha value is -1.11. The minimum Gasteiger partial charge on any atom is -0.461 e. The number of ether oxygens (including phenoxy) is 1. The monoisotopic (exact) mass is 374 g/mol. The molecule has 2 aromatic rings. The van der Waals surface area contributed by atoms with E-state index in [-0.39, 0.29) is 0 Å². The second-order valence-electron chi connectivity index (χ2n) is 3.89. The molecule has 2 rings (SSSR count). The molecular formula is C13H12BrClN2O2S. The Labute approximate surface area is 134 Å². The molecule has 1 heterocycles. The molecule has 1 N–H and O–H groups in total. The molecule has 0 saturated heterocycles. The van der Waals surface area contributed by atoms with Crippen LogP contribution in [0.15, 0.2) is 22.7 Å². The highest BCUT2D eigenvalue weighted by atomic mass is 79.9. The largest absolute Gasteiger partial charge is 0.461 e. The lowest BCUT2D eigenvalue weighted by Crippen LogP contribution is -2.06. The highest BCUT2D eigenvalue weighted by Gasteiger charge is 2.16. The number of rotatable bonds is 4. The van der Waals surface area contributed by atoms with Crippen LogP contribution in [0.1, 0.15) is 22.3 Å². The molecule has 20 heavy (non-hydrogen) atoms. The Balaban J connectivity index is 2.22. The van der Waals surface area contributed by atoms with Crippen molar-refractivity contribution in [2.75, 3.05) is 11.9 Å². The third-order valence-electron chi connectivity index (χ3n) is 2.44. The van der Waals surface area contributed by atoms with Gasteiger partial charge in [-0.2, -0.15) is 0 Å². The minimum atomic E-state index is -0.406. The lowest BCUT2D eigenvalue weighted by molar-refractivity contribution is 0.0519. The molecule has 0 aliphatic heterocycles. The number of thiazole rings is 1. The fourth-order valence-electron chi connectivity index (χ4n) is 1.54. The molecule has 0 unspecified atom stereocenters. The first kappa shape index (κ1) is 15.3. The van der Waals surface area contributed by atoms with Gasteiger partial charge in [0, 0.05) is 9.35 Å². The summed E-state index contributed by atoms with van der Waals surface area (Å²) in [5.74, 6) is -0.406. The number of benzene rings is 1. The molecule has 7 heteroatoms. The van der Waals surface area contributed by atoms with Crippen molar-refractivity contribution >= 4 is 55.7 Å². The summed E-state index contributed by atoms with van der Waals surface area (Å²) < 4.78 is 5.86. The molecule has 0 amide bonds. The van der Waals surface area contributed by atoms with Gasteiger partial charge in [-0.05, 0) is 32.0 Å². The van der Waals surface area contributed by atoms with Gasteiger partial charge in [-0.1, -0.05) is 27.5 Å². The van der Waals surface area contributed by atoms with Crippen LogP contribution in [0.2, 0.25) is 5.02 Å². The zero-order valence-electron chi connectivity index (χ0n) is 10.9. The number of halogens is 2. The van der Waals surface area contributed by atoms with Gasteiger partial charge in [0.25, 0.3) is 0 Å². The van der Waals surface area contributed by atoms with Crippen LogP contribution in [0.25, 0.3) is 0 Å². The van der Waals surface area contributed by atoms with Gasteiger partial charge in [0.1, 0.15) is 0 Å². The minimum absolute atomic E-state index is 0.330. The molecule has 0 fully saturated rings. The topological polar surface area (TPSA) is 51.2 Å². The summed E-state index contributed by atoms with van der Waals surface area (Å²) in [4.78, 5) is 16.8. The van der Waals surface area contributed by atoms with E-state index in [9.17, 15) is 4.79 Å². The molecule has 0 bridgehead atoms. The molecular weight excluding hydrogens is 364 g/mol. The second kappa shape index (κ2) is 6.56. The van der Waals surface area contributed by atoms with Gasteiger partial charge in [-0.3, -0.25) is 0 Å². The molecule has 1 aromatic carbocycles. The first-order chi connectivity index (χ1) is 9.51. The summed E-state index contributed by atoms with van der Waals surface area (Å²) in [6.07, 6.45) is 0. The van der Waals surface area contributed by atoms with Crippen molar-refractivity contribution in [3.8, 4) is 0 Å². The zero-order chi connectivity index (χ0) is 14.7. The average Bonchev–Trinajstić information content (AvgIpc) is 2.74. The molecule has 106 valence electrons. The van der Waals surface area contributed by atoms with Crippen LogP contribution in [-0.2, 0) is 4.74 Å². The van der Waals surface area contributed by atoms with Crippen LogP contribution in [0.4, 0.5) is 10.8 Å². The third kappa shape index (κ3) is 3.50. The fraction of sp³-hybridized carbons (Fsp3) is 0.231. The fourth-order valence-corrected chi connectivity index (χ4v) is 3.08. The maximum Gasteiger partial charge on any atom is 0.358 e. The van der Waals surface area contributed by atoms with Crippen molar-refractivity contribution in [2.45, 2.75) is 13.8 Å². The molecule has 0 aliphatic carbocycles. The number of aryl methyl sites for hydroxylation is 1. The van der Waals surface area contributed by atoms with Gasteiger partial charge in [0.05, 0.1) is 17.3 Å². The lowest BCUT2D eigenvalue weighted by atomic mass is 10.3. The van der Waals surface area contributed by atoms with E-state index in [2.05, 4.69) is 26.2 Å². The van der Waals surface area contributed by atoms with E-state index >= 15 is 0 Å². The van der Waals surface area contributed by atoms with Crippen molar-refractivity contribution in [1.82, 2.24) is 4.98 Å². The van der Waals surface area contributed by atoms with Crippen molar-refractivity contribution in [1.29, 1.82) is 0 Å². The van der Waals surface area contributed by atoms with Crippen LogP contribution in [0, 0.1) is 6.92 Å². The quantitative estimate of drug-likeness (QED) is 0.781. The van der Waals surface area contributed by atoms with E-state index in [1.165, 1.54) is 11.3 Å². The summed E-state index contributed by atoms with van der Waals surface area (Å²) in [5.41, 5.74) is 1.08. The highest BCUT2D eigenvalue weighted by Crippen LogP contribution is 2.31. The number of esters is 1. The molecule has 0 atom stereocenters. The van der Waals surface area contributed by atoms with Gasteiger partial charge in [-0.25, -0.2) is 9.78 Å². The Morgan fingerprint density at radius 1 is 1.55 bits per heavy atom. The van der Waals surface area contributed by atoms with Crippen molar-refractivity contribution in [2.24, 2.45) is 0 Å². The van der Waals surface area contributed by atoms with E-state index in [0.717, 1.165) is 15.0 Å². The van der Waals surface area contributed by atoms with Gasteiger partial charge in [0.2, 0.25) is 0 Å². The van der Waals surface area contributed by atoms with Crippen LogP contribution in [-0.4, -0.2) is 17.6 Å². The van der Waals surface area contributed by atoms with Crippen LogP contribution in [0.3, 0.4) is 0 Å². The number of carbonyl (C=O) groups excluding carboxylic acids is 1. The second-order valence-corrected chi connectivity index (χ2v) is 6.42.